The summed E-state index contributed by atoms with van der Waals surface area (Å²) in [5.41, 5.74) is 10.4. The first-order valence-electron chi connectivity index (χ1n) is 8.39. The van der Waals surface area contributed by atoms with Crippen LogP contribution in [0.25, 0.3) is 27.2 Å². The molecule has 1 aliphatic rings. The normalized spacial score (nSPS) is 16.3. The van der Waals surface area contributed by atoms with Gasteiger partial charge in [0.15, 0.2) is 5.58 Å². The molecule has 4 rings (SSSR count). The standard InChI is InChI=1S/C18H14FN5O4/c1-10-2-4-15-16(6-10)28-18(26)24(15)14-5-3-11(7-13(14)19)23-9-12(8-21-22-20)27-17(23)25/h2-7,12H,8-9H2,1H3/t12-/m0/s1. The maximum atomic E-state index is 14.8. The Morgan fingerprint density at radius 2 is 2.11 bits per heavy atom. The first-order valence-corrected chi connectivity index (χ1v) is 8.39. The Hall–Kier alpha value is -3.78. The molecule has 0 radical (unpaired) electrons. The van der Waals surface area contributed by atoms with Gasteiger partial charge in [-0.1, -0.05) is 11.2 Å². The molecule has 1 amide bonds. The predicted octanol–water partition coefficient (Wildman–Crippen LogP) is 3.67. The largest absolute Gasteiger partial charge is 0.444 e. The van der Waals surface area contributed by atoms with Crippen molar-refractivity contribution in [3.63, 3.8) is 0 Å². The molecular formula is C18H14FN5O4. The van der Waals surface area contributed by atoms with Gasteiger partial charge >= 0.3 is 11.8 Å². The third-order valence-corrected chi connectivity index (χ3v) is 4.44. The predicted molar refractivity (Wildman–Crippen MR) is 98.1 cm³/mol. The summed E-state index contributed by atoms with van der Waals surface area (Å²) in [6.45, 7) is 1.98. The molecule has 3 aromatic rings. The minimum absolute atomic E-state index is 0.00484. The molecule has 0 aliphatic carbocycles. The Balaban J connectivity index is 1.70. The molecule has 142 valence electrons. The summed E-state index contributed by atoms with van der Waals surface area (Å²) in [5.74, 6) is -1.41. The molecule has 0 N–H and O–H groups in total. The zero-order valence-electron chi connectivity index (χ0n) is 14.7. The lowest BCUT2D eigenvalue weighted by atomic mass is 10.2. The number of amides is 1. The van der Waals surface area contributed by atoms with Crippen molar-refractivity contribution >= 4 is 22.9 Å². The highest BCUT2D eigenvalue weighted by Gasteiger charge is 2.32. The molecule has 0 unspecified atom stereocenters. The quantitative estimate of drug-likeness (QED) is 0.388. The van der Waals surface area contributed by atoms with E-state index in [-0.39, 0.29) is 24.5 Å². The fraction of sp³-hybridized carbons (Fsp3) is 0.222. The van der Waals surface area contributed by atoms with Crippen molar-refractivity contribution < 1.29 is 18.3 Å². The number of nitrogens with zero attached hydrogens (tertiary/aromatic N) is 5. The Morgan fingerprint density at radius 1 is 1.29 bits per heavy atom. The van der Waals surface area contributed by atoms with Gasteiger partial charge in [-0.15, -0.1) is 0 Å². The van der Waals surface area contributed by atoms with Crippen LogP contribution in [0, 0.1) is 12.7 Å². The number of azide groups is 1. The van der Waals surface area contributed by atoms with E-state index >= 15 is 0 Å². The van der Waals surface area contributed by atoms with Crippen LogP contribution in [0.15, 0.2) is 50.7 Å². The fourth-order valence-electron chi connectivity index (χ4n) is 3.15. The molecule has 0 saturated carbocycles. The topological polar surface area (TPSA) is 113 Å². The van der Waals surface area contributed by atoms with Crippen molar-refractivity contribution in [2.24, 2.45) is 5.11 Å². The molecule has 1 saturated heterocycles. The van der Waals surface area contributed by atoms with Crippen LogP contribution in [0.1, 0.15) is 5.56 Å². The third-order valence-electron chi connectivity index (χ3n) is 4.44. The molecule has 1 aliphatic heterocycles. The van der Waals surface area contributed by atoms with E-state index in [1.54, 1.807) is 18.2 Å². The number of aryl methyl sites for hydroxylation is 1. The van der Waals surface area contributed by atoms with Gasteiger partial charge in [0, 0.05) is 4.91 Å². The number of hydrogen-bond donors (Lipinski definition) is 0. The van der Waals surface area contributed by atoms with E-state index in [2.05, 4.69) is 10.0 Å². The van der Waals surface area contributed by atoms with Gasteiger partial charge in [-0.2, -0.15) is 0 Å². The van der Waals surface area contributed by atoms with Gasteiger partial charge in [0.1, 0.15) is 11.9 Å². The van der Waals surface area contributed by atoms with Crippen molar-refractivity contribution in [1.29, 1.82) is 0 Å². The average molecular weight is 383 g/mol. The van der Waals surface area contributed by atoms with Crippen LogP contribution in [0.2, 0.25) is 0 Å². The second-order valence-corrected chi connectivity index (χ2v) is 6.34. The van der Waals surface area contributed by atoms with Crippen molar-refractivity contribution in [2.75, 3.05) is 18.0 Å². The van der Waals surface area contributed by atoms with Crippen LogP contribution in [0.5, 0.6) is 0 Å². The lowest BCUT2D eigenvalue weighted by molar-refractivity contribution is 0.145. The van der Waals surface area contributed by atoms with Crippen LogP contribution in [-0.4, -0.2) is 29.9 Å². The molecule has 2 aromatic carbocycles. The number of cyclic esters (lactones) is 1. The number of carbonyl (C=O) groups is 1. The number of halogens is 1. The highest BCUT2D eigenvalue weighted by molar-refractivity contribution is 5.90. The summed E-state index contributed by atoms with van der Waals surface area (Å²) in [6, 6.07) is 9.23. The molecule has 28 heavy (non-hydrogen) atoms. The van der Waals surface area contributed by atoms with Gasteiger partial charge in [0.2, 0.25) is 0 Å². The molecule has 2 heterocycles. The van der Waals surface area contributed by atoms with E-state index in [0.717, 1.165) is 16.2 Å². The monoisotopic (exact) mass is 383 g/mol. The van der Waals surface area contributed by atoms with E-state index < -0.39 is 23.8 Å². The van der Waals surface area contributed by atoms with E-state index in [1.807, 2.05) is 6.92 Å². The van der Waals surface area contributed by atoms with Crippen molar-refractivity contribution in [3.8, 4) is 5.69 Å². The maximum absolute atomic E-state index is 14.8. The molecule has 0 spiro atoms. The summed E-state index contributed by atoms with van der Waals surface area (Å²) in [5, 5.41) is 3.38. The van der Waals surface area contributed by atoms with Crippen LogP contribution in [0.4, 0.5) is 14.9 Å². The lowest BCUT2D eigenvalue weighted by Gasteiger charge is -2.14. The number of rotatable bonds is 4. The maximum Gasteiger partial charge on any atom is 0.424 e. The van der Waals surface area contributed by atoms with Crippen molar-refractivity contribution in [3.05, 3.63) is 68.8 Å². The SMILES string of the molecule is Cc1ccc2c(c1)oc(=O)n2-c1ccc(N2C[C@H](CN=[N+]=[N-])OC2=O)cc1F. The van der Waals surface area contributed by atoms with Crippen LogP contribution in [-0.2, 0) is 4.74 Å². The van der Waals surface area contributed by atoms with Gasteiger partial charge in [0.05, 0.1) is 30.0 Å². The second kappa shape index (κ2) is 6.75. The number of oxazole rings is 1. The molecule has 0 bridgehead atoms. The van der Waals surface area contributed by atoms with E-state index in [4.69, 9.17) is 14.7 Å². The number of benzene rings is 2. The van der Waals surface area contributed by atoms with Crippen molar-refractivity contribution in [2.45, 2.75) is 13.0 Å². The van der Waals surface area contributed by atoms with Gasteiger partial charge < -0.3 is 9.15 Å². The Kier molecular flexibility index (Phi) is 4.25. The minimum Gasteiger partial charge on any atom is -0.444 e. The molecular weight excluding hydrogens is 369 g/mol. The number of fused-ring (bicyclic) bond motifs is 1. The number of aromatic nitrogens is 1. The van der Waals surface area contributed by atoms with Gasteiger partial charge in [-0.25, -0.2) is 18.5 Å². The van der Waals surface area contributed by atoms with E-state index in [0.29, 0.717) is 11.1 Å². The Labute approximate surface area is 157 Å². The summed E-state index contributed by atoms with van der Waals surface area (Å²) in [7, 11) is 0. The Bertz CT molecular complexity index is 1190. The number of anilines is 1. The zero-order valence-corrected chi connectivity index (χ0v) is 14.7. The van der Waals surface area contributed by atoms with Crippen LogP contribution < -0.4 is 10.7 Å². The highest BCUT2D eigenvalue weighted by Crippen LogP contribution is 2.27. The van der Waals surface area contributed by atoms with Gasteiger partial charge in [-0.3, -0.25) is 4.90 Å². The highest BCUT2D eigenvalue weighted by atomic mass is 19.1. The second-order valence-electron chi connectivity index (χ2n) is 6.34. The summed E-state index contributed by atoms with van der Waals surface area (Å²) in [4.78, 5) is 28.1. The van der Waals surface area contributed by atoms with Crippen LogP contribution in [0.3, 0.4) is 0 Å². The number of ether oxygens (including phenoxy) is 1. The fourth-order valence-corrected chi connectivity index (χ4v) is 3.15. The number of carbonyl (C=O) groups excluding carboxylic acids is 1. The average Bonchev–Trinajstić information content (AvgIpc) is 3.18. The van der Waals surface area contributed by atoms with Gasteiger partial charge in [0.25, 0.3) is 0 Å². The first-order chi connectivity index (χ1) is 13.5. The molecule has 1 fully saturated rings. The molecule has 1 aromatic heterocycles. The lowest BCUT2D eigenvalue weighted by Crippen LogP contribution is -2.25. The summed E-state index contributed by atoms with van der Waals surface area (Å²) in [6.07, 6.45) is -1.26. The van der Waals surface area contributed by atoms with E-state index in [9.17, 15) is 14.0 Å². The minimum atomic E-state index is -0.706. The van der Waals surface area contributed by atoms with E-state index in [1.165, 1.54) is 17.0 Å². The zero-order chi connectivity index (χ0) is 19.8. The number of hydrogen-bond acceptors (Lipinski definition) is 5. The smallest absolute Gasteiger partial charge is 0.424 e. The molecule has 10 heteroatoms. The molecule has 1 atom stereocenters. The molecule has 9 nitrogen and oxygen atoms in total. The summed E-state index contributed by atoms with van der Waals surface area (Å²) < 4.78 is 26.3. The van der Waals surface area contributed by atoms with Gasteiger partial charge in [-0.05, 0) is 48.4 Å². The van der Waals surface area contributed by atoms with Crippen LogP contribution >= 0.6 is 0 Å². The van der Waals surface area contributed by atoms with Crippen molar-refractivity contribution in [1.82, 2.24) is 4.57 Å². The first kappa shape index (κ1) is 17.6. The third kappa shape index (κ3) is 2.95. The Morgan fingerprint density at radius 3 is 2.86 bits per heavy atom. The summed E-state index contributed by atoms with van der Waals surface area (Å²) >= 11 is 0.